The van der Waals surface area contributed by atoms with Crippen LogP contribution < -0.4 is 11.1 Å². The minimum Gasteiger partial charge on any atom is -0.396 e. The lowest BCUT2D eigenvalue weighted by atomic mass is 10.1. The lowest BCUT2D eigenvalue weighted by Crippen LogP contribution is -2.29. The summed E-state index contributed by atoms with van der Waals surface area (Å²) >= 11 is 0. The van der Waals surface area contributed by atoms with Gasteiger partial charge in [0.15, 0.2) is 0 Å². The number of hydrogen-bond acceptors (Lipinski definition) is 4. The summed E-state index contributed by atoms with van der Waals surface area (Å²) in [5.41, 5.74) is 7.93. The van der Waals surface area contributed by atoms with Crippen molar-refractivity contribution in [1.82, 2.24) is 15.1 Å². The van der Waals surface area contributed by atoms with Crippen LogP contribution in [0.1, 0.15) is 30.1 Å². The molecule has 0 aliphatic heterocycles. The Hall–Kier alpha value is -0.910. The number of nitrogens with two attached hydrogens (primary N) is 1. The molecule has 1 unspecified atom stereocenters. The fraction of sp³-hybridized carbons (Fsp3) is 0.727. The van der Waals surface area contributed by atoms with E-state index in [4.69, 9.17) is 10.8 Å². The summed E-state index contributed by atoms with van der Waals surface area (Å²) in [5, 5.41) is 16.4. The number of nitrogens with one attached hydrogen (secondary N) is 1. The molecule has 0 amide bonds. The van der Waals surface area contributed by atoms with Gasteiger partial charge in [-0.05, 0) is 26.3 Å². The predicted octanol–water partition coefficient (Wildman–Crippen LogP) is 0.0904. The highest BCUT2D eigenvalue weighted by atomic mass is 16.2. The number of unbranched alkanes of at least 4 members (excludes halogenated alkanes) is 1. The molecule has 0 aliphatic carbocycles. The average Bonchev–Trinajstić information content (AvgIpc) is 2.58. The van der Waals surface area contributed by atoms with Crippen molar-refractivity contribution >= 4 is 0 Å². The molecule has 4 N–H and O–H groups in total. The lowest BCUT2D eigenvalue weighted by molar-refractivity contribution is 0.282. The topological polar surface area (TPSA) is 76.1 Å². The first kappa shape index (κ1) is 13.2. The molecule has 0 spiro atoms. The van der Waals surface area contributed by atoms with E-state index < -0.39 is 0 Å². The van der Waals surface area contributed by atoms with Crippen molar-refractivity contribution in [3.63, 3.8) is 0 Å². The second-order valence-corrected chi connectivity index (χ2v) is 4.02. The first-order valence-corrected chi connectivity index (χ1v) is 5.73. The fourth-order valence-electron chi connectivity index (χ4n) is 1.79. The summed E-state index contributed by atoms with van der Waals surface area (Å²) in [4.78, 5) is 0. The smallest absolute Gasteiger partial charge is 0.0641 e. The Morgan fingerprint density at radius 3 is 2.81 bits per heavy atom. The maximum Gasteiger partial charge on any atom is 0.0641 e. The van der Waals surface area contributed by atoms with Crippen molar-refractivity contribution in [1.29, 1.82) is 0 Å². The first-order valence-electron chi connectivity index (χ1n) is 5.73. The molecule has 1 rings (SSSR count). The second kappa shape index (κ2) is 6.62. The normalized spacial score (nSPS) is 13.0. The molecule has 16 heavy (non-hydrogen) atoms. The van der Waals surface area contributed by atoms with E-state index in [1.54, 1.807) is 0 Å². The molecule has 1 atom stereocenters. The van der Waals surface area contributed by atoms with Crippen LogP contribution in [0.15, 0.2) is 6.20 Å². The molecule has 0 bridgehead atoms. The van der Waals surface area contributed by atoms with Crippen molar-refractivity contribution < 1.29 is 5.11 Å². The molecule has 1 aromatic rings. The van der Waals surface area contributed by atoms with E-state index in [0.717, 1.165) is 30.6 Å². The van der Waals surface area contributed by atoms with Gasteiger partial charge in [0, 0.05) is 38.0 Å². The van der Waals surface area contributed by atoms with Gasteiger partial charge in [0.05, 0.1) is 5.69 Å². The summed E-state index contributed by atoms with van der Waals surface area (Å²) in [6.45, 7) is 3.68. The van der Waals surface area contributed by atoms with Crippen LogP contribution >= 0.6 is 0 Å². The maximum absolute atomic E-state index is 8.69. The number of aromatic nitrogens is 2. The third-order valence-electron chi connectivity index (χ3n) is 2.64. The molecule has 0 aliphatic rings. The van der Waals surface area contributed by atoms with E-state index >= 15 is 0 Å². The maximum atomic E-state index is 8.69. The standard InChI is InChI=1S/C11H22N4O/c1-9-10(8-15(2)14-9)11(7-12)13-5-3-4-6-16/h8,11,13,16H,3-7,12H2,1-2H3. The minimum absolute atomic E-state index is 0.160. The second-order valence-electron chi connectivity index (χ2n) is 4.02. The highest BCUT2D eigenvalue weighted by molar-refractivity contribution is 5.20. The molecule has 1 aromatic heterocycles. The first-order chi connectivity index (χ1) is 7.69. The molecule has 1 heterocycles. The molecular formula is C11H22N4O. The highest BCUT2D eigenvalue weighted by Crippen LogP contribution is 2.14. The van der Waals surface area contributed by atoms with E-state index in [1.165, 1.54) is 0 Å². The molecule has 0 radical (unpaired) electrons. The molecule has 92 valence electrons. The Kier molecular flexibility index (Phi) is 5.45. The molecule has 5 heteroatoms. The van der Waals surface area contributed by atoms with Gasteiger partial charge in [-0.3, -0.25) is 4.68 Å². The van der Waals surface area contributed by atoms with Crippen LogP contribution in [0, 0.1) is 6.92 Å². The predicted molar refractivity (Wildman–Crippen MR) is 64.1 cm³/mol. The fourth-order valence-corrected chi connectivity index (χ4v) is 1.79. The summed E-state index contributed by atoms with van der Waals surface area (Å²) in [6.07, 6.45) is 3.80. The van der Waals surface area contributed by atoms with Gasteiger partial charge in [0.2, 0.25) is 0 Å². The number of hydrogen-bond donors (Lipinski definition) is 3. The van der Waals surface area contributed by atoms with Crippen LogP contribution in [-0.2, 0) is 7.05 Å². The van der Waals surface area contributed by atoms with Crippen molar-refractivity contribution in [2.75, 3.05) is 19.7 Å². The monoisotopic (exact) mass is 226 g/mol. The van der Waals surface area contributed by atoms with Gasteiger partial charge in [-0.15, -0.1) is 0 Å². The SMILES string of the molecule is Cc1nn(C)cc1C(CN)NCCCCO. The largest absolute Gasteiger partial charge is 0.396 e. The van der Waals surface area contributed by atoms with Crippen LogP contribution in [-0.4, -0.2) is 34.6 Å². The van der Waals surface area contributed by atoms with E-state index in [-0.39, 0.29) is 12.6 Å². The Bertz CT molecular complexity index is 311. The zero-order valence-corrected chi connectivity index (χ0v) is 10.1. The van der Waals surface area contributed by atoms with Crippen LogP contribution in [0.4, 0.5) is 0 Å². The van der Waals surface area contributed by atoms with E-state index in [9.17, 15) is 0 Å². The van der Waals surface area contributed by atoms with Crippen molar-refractivity contribution in [2.24, 2.45) is 12.8 Å². The third kappa shape index (κ3) is 3.59. The number of nitrogens with zero attached hydrogens (tertiary/aromatic N) is 2. The van der Waals surface area contributed by atoms with Gasteiger partial charge < -0.3 is 16.2 Å². The van der Waals surface area contributed by atoms with Gasteiger partial charge in [0.25, 0.3) is 0 Å². The molecule has 0 aromatic carbocycles. The van der Waals surface area contributed by atoms with E-state index in [0.29, 0.717) is 6.54 Å². The number of aryl methyl sites for hydroxylation is 2. The van der Waals surface area contributed by atoms with Gasteiger partial charge in [0.1, 0.15) is 0 Å². The summed E-state index contributed by atoms with van der Waals surface area (Å²) in [6, 6.07) is 0.160. The Balaban J connectivity index is 2.50. The van der Waals surface area contributed by atoms with E-state index in [1.807, 2.05) is 24.9 Å². The number of rotatable bonds is 7. The zero-order chi connectivity index (χ0) is 12.0. The van der Waals surface area contributed by atoms with E-state index in [2.05, 4.69) is 10.4 Å². The molecule has 0 saturated heterocycles. The van der Waals surface area contributed by atoms with Crippen LogP contribution in [0.5, 0.6) is 0 Å². The summed E-state index contributed by atoms with van der Waals surface area (Å²) in [7, 11) is 1.91. The molecule has 0 saturated carbocycles. The van der Waals surface area contributed by atoms with Crippen LogP contribution in [0.3, 0.4) is 0 Å². The van der Waals surface area contributed by atoms with Gasteiger partial charge in [-0.2, -0.15) is 5.10 Å². The third-order valence-corrected chi connectivity index (χ3v) is 2.64. The molecule has 5 nitrogen and oxygen atoms in total. The number of aliphatic hydroxyl groups excluding tert-OH is 1. The Morgan fingerprint density at radius 2 is 2.31 bits per heavy atom. The molecule has 0 fully saturated rings. The lowest BCUT2D eigenvalue weighted by Gasteiger charge is -2.15. The van der Waals surface area contributed by atoms with Gasteiger partial charge in [-0.25, -0.2) is 0 Å². The van der Waals surface area contributed by atoms with Gasteiger partial charge >= 0.3 is 0 Å². The van der Waals surface area contributed by atoms with Crippen molar-refractivity contribution in [3.05, 3.63) is 17.5 Å². The number of aliphatic hydroxyl groups is 1. The summed E-state index contributed by atoms with van der Waals surface area (Å²) in [5.74, 6) is 0. The minimum atomic E-state index is 0.160. The molecular weight excluding hydrogens is 204 g/mol. The Labute approximate surface area is 96.6 Å². The average molecular weight is 226 g/mol. The zero-order valence-electron chi connectivity index (χ0n) is 10.1. The highest BCUT2D eigenvalue weighted by Gasteiger charge is 2.13. The van der Waals surface area contributed by atoms with Crippen LogP contribution in [0.25, 0.3) is 0 Å². The summed E-state index contributed by atoms with van der Waals surface area (Å²) < 4.78 is 1.81. The van der Waals surface area contributed by atoms with Crippen molar-refractivity contribution in [3.8, 4) is 0 Å². The van der Waals surface area contributed by atoms with Gasteiger partial charge in [-0.1, -0.05) is 0 Å². The van der Waals surface area contributed by atoms with Crippen LogP contribution in [0.2, 0.25) is 0 Å². The van der Waals surface area contributed by atoms with Crippen molar-refractivity contribution in [2.45, 2.75) is 25.8 Å². The quantitative estimate of drug-likeness (QED) is 0.576. The Morgan fingerprint density at radius 1 is 1.56 bits per heavy atom.